The molecule has 7 nitrogen and oxygen atoms in total. The van der Waals surface area contributed by atoms with Crippen molar-refractivity contribution in [2.75, 3.05) is 10.8 Å². The summed E-state index contributed by atoms with van der Waals surface area (Å²) in [7, 11) is -4.18. The number of carbonyl (C=O) groups excluding carboxylic acids is 2. The lowest BCUT2D eigenvalue weighted by molar-refractivity contribution is -0.140. The Morgan fingerprint density at radius 3 is 2.04 bits per heavy atom. The molecule has 0 saturated heterocycles. The van der Waals surface area contributed by atoms with Crippen LogP contribution in [-0.4, -0.2) is 43.8 Å². The first-order chi connectivity index (χ1) is 23.0. The van der Waals surface area contributed by atoms with Gasteiger partial charge in [-0.3, -0.25) is 13.9 Å². The van der Waals surface area contributed by atoms with E-state index < -0.39 is 28.5 Å². The largest absolute Gasteiger partial charge is 0.352 e. The van der Waals surface area contributed by atoms with E-state index in [1.807, 2.05) is 42.5 Å². The molecule has 0 unspecified atom stereocenters. The molecule has 1 aliphatic rings. The van der Waals surface area contributed by atoms with Gasteiger partial charge in [-0.15, -0.1) is 0 Å². The Kier molecular flexibility index (Phi) is 11.8. The van der Waals surface area contributed by atoms with Crippen LogP contribution in [0.3, 0.4) is 0 Å². The first-order valence-corrected chi connectivity index (χ1v) is 18.5. The molecule has 0 aromatic heterocycles. The Morgan fingerprint density at radius 2 is 1.44 bits per heavy atom. The molecule has 0 spiro atoms. The molecule has 1 aliphatic carbocycles. The van der Waals surface area contributed by atoms with Crippen LogP contribution in [0.4, 0.5) is 5.69 Å². The lowest BCUT2D eigenvalue weighted by Crippen LogP contribution is -2.54. The second kappa shape index (κ2) is 16.0. The van der Waals surface area contributed by atoms with Gasteiger partial charge < -0.3 is 10.2 Å². The van der Waals surface area contributed by atoms with Crippen molar-refractivity contribution in [3.8, 4) is 0 Å². The van der Waals surface area contributed by atoms with Gasteiger partial charge in [0.25, 0.3) is 10.0 Å². The van der Waals surface area contributed by atoms with Gasteiger partial charge in [-0.1, -0.05) is 117 Å². The van der Waals surface area contributed by atoms with Crippen LogP contribution < -0.4 is 9.62 Å². The summed E-state index contributed by atoms with van der Waals surface area (Å²) in [5.41, 5.74) is 2.91. The smallest absolute Gasteiger partial charge is 0.264 e. The average Bonchev–Trinajstić information content (AvgIpc) is 3.60. The topological polar surface area (TPSA) is 86.8 Å². The van der Waals surface area contributed by atoms with Gasteiger partial charge in [0.05, 0.1) is 20.6 Å². The zero-order valence-electron chi connectivity index (χ0n) is 27.2. The number of benzene rings is 4. The number of hydrogen-bond acceptors (Lipinski definition) is 4. The third-order valence-corrected chi connectivity index (χ3v) is 11.3. The number of nitrogens with zero attached hydrogens (tertiary/aromatic N) is 2. The molecule has 252 valence electrons. The number of rotatable bonds is 13. The fraction of sp³-hybridized carbons (Fsp3) is 0.316. The Labute approximate surface area is 293 Å². The SMILES string of the molecule is CC(C)c1ccc(N(CC(=O)N(Cc2ccc(Cl)c(Cl)c2)[C@H](Cc2ccccc2)C(=O)NC2CCCC2)S(=O)(=O)c2ccccc2)cc1. The summed E-state index contributed by atoms with van der Waals surface area (Å²) in [6.45, 7) is 3.60. The van der Waals surface area contributed by atoms with Crippen molar-refractivity contribution in [2.45, 2.75) is 75.4 Å². The van der Waals surface area contributed by atoms with Crippen molar-refractivity contribution in [1.29, 1.82) is 0 Å². The quantitative estimate of drug-likeness (QED) is 0.153. The predicted octanol–water partition coefficient (Wildman–Crippen LogP) is 8.01. The van der Waals surface area contributed by atoms with Crippen molar-refractivity contribution in [2.24, 2.45) is 0 Å². The van der Waals surface area contributed by atoms with Crippen LogP contribution in [0, 0.1) is 0 Å². The Bertz CT molecular complexity index is 1800. The third kappa shape index (κ3) is 8.78. The average molecular weight is 707 g/mol. The molecule has 0 bridgehead atoms. The molecule has 5 rings (SSSR count). The highest BCUT2D eigenvalue weighted by molar-refractivity contribution is 7.92. The molecule has 1 saturated carbocycles. The molecular weight excluding hydrogens is 665 g/mol. The lowest BCUT2D eigenvalue weighted by Gasteiger charge is -2.34. The van der Waals surface area contributed by atoms with Crippen molar-refractivity contribution in [3.63, 3.8) is 0 Å². The zero-order valence-corrected chi connectivity index (χ0v) is 29.5. The summed E-state index contributed by atoms with van der Waals surface area (Å²) in [5, 5.41) is 3.87. The van der Waals surface area contributed by atoms with E-state index >= 15 is 0 Å². The molecule has 0 radical (unpaired) electrons. The Hall–Kier alpha value is -3.85. The van der Waals surface area contributed by atoms with Crippen LogP contribution in [0.1, 0.15) is 62.1 Å². The first kappa shape index (κ1) is 35.5. The highest BCUT2D eigenvalue weighted by Crippen LogP contribution is 2.28. The molecule has 1 atom stereocenters. The van der Waals surface area contributed by atoms with E-state index in [0.29, 0.717) is 21.3 Å². The maximum atomic E-state index is 14.7. The number of amides is 2. The monoisotopic (exact) mass is 705 g/mol. The van der Waals surface area contributed by atoms with Crippen LogP contribution in [0.15, 0.2) is 108 Å². The minimum Gasteiger partial charge on any atom is -0.352 e. The van der Waals surface area contributed by atoms with Crippen LogP contribution in [-0.2, 0) is 32.6 Å². The van der Waals surface area contributed by atoms with E-state index in [-0.39, 0.29) is 35.7 Å². The maximum absolute atomic E-state index is 14.7. The van der Waals surface area contributed by atoms with Crippen LogP contribution in [0.5, 0.6) is 0 Å². The van der Waals surface area contributed by atoms with Gasteiger partial charge in [-0.05, 0) is 71.8 Å². The molecule has 0 aliphatic heterocycles. The van der Waals surface area contributed by atoms with Crippen LogP contribution in [0.25, 0.3) is 0 Å². The zero-order chi connectivity index (χ0) is 34.3. The summed E-state index contributed by atoms with van der Waals surface area (Å²) in [6, 6.07) is 28.9. The molecular formula is C38H41Cl2N3O4S. The van der Waals surface area contributed by atoms with Gasteiger partial charge in [0.1, 0.15) is 12.6 Å². The highest BCUT2D eigenvalue weighted by atomic mass is 35.5. The second-order valence-electron chi connectivity index (χ2n) is 12.5. The van der Waals surface area contributed by atoms with Crippen molar-refractivity contribution in [1.82, 2.24) is 10.2 Å². The van der Waals surface area contributed by atoms with E-state index in [1.54, 1.807) is 48.5 Å². The van der Waals surface area contributed by atoms with Crippen molar-refractivity contribution < 1.29 is 18.0 Å². The number of nitrogens with one attached hydrogen (secondary N) is 1. The highest BCUT2D eigenvalue weighted by Gasteiger charge is 2.35. The van der Waals surface area contributed by atoms with Gasteiger partial charge >= 0.3 is 0 Å². The molecule has 1 N–H and O–H groups in total. The molecule has 4 aromatic rings. The maximum Gasteiger partial charge on any atom is 0.264 e. The molecule has 2 amide bonds. The minimum atomic E-state index is -4.18. The van der Waals surface area contributed by atoms with E-state index in [4.69, 9.17) is 23.2 Å². The predicted molar refractivity (Wildman–Crippen MR) is 193 cm³/mol. The van der Waals surface area contributed by atoms with Crippen LogP contribution in [0.2, 0.25) is 10.0 Å². The minimum absolute atomic E-state index is 0.0107. The van der Waals surface area contributed by atoms with Crippen LogP contribution >= 0.6 is 23.2 Å². The van der Waals surface area contributed by atoms with Gasteiger partial charge in [0.15, 0.2) is 0 Å². The number of halogens is 2. The molecule has 10 heteroatoms. The van der Waals surface area contributed by atoms with Gasteiger partial charge in [0.2, 0.25) is 11.8 Å². The van der Waals surface area contributed by atoms with Gasteiger partial charge in [-0.25, -0.2) is 8.42 Å². The van der Waals surface area contributed by atoms with E-state index in [0.717, 1.165) is 41.1 Å². The third-order valence-electron chi connectivity index (χ3n) is 8.77. The van der Waals surface area contributed by atoms with Gasteiger partial charge in [0, 0.05) is 19.0 Å². The van der Waals surface area contributed by atoms with E-state index in [2.05, 4.69) is 19.2 Å². The second-order valence-corrected chi connectivity index (χ2v) is 15.2. The van der Waals surface area contributed by atoms with Crippen molar-refractivity contribution in [3.05, 3.63) is 130 Å². The number of sulfonamides is 1. The summed E-state index contributed by atoms with van der Waals surface area (Å²) in [4.78, 5) is 30.4. The number of hydrogen-bond donors (Lipinski definition) is 1. The molecule has 1 fully saturated rings. The summed E-state index contributed by atoms with van der Waals surface area (Å²) < 4.78 is 29.6. The Balaban J connectivity index is 1.57. The lowest BCUT2D eigenvalue weighted by atomic mass is 10.0. The fourth-order valence-corrected chi connectivity index (χ4v) is 7.79. The molecule has 48 heavy (non-hydrogen) atoms. The summed E-state index contributed by atoms with van der Waals surface area (Å²) >= 11 is 12.6. The fourth-order valence-electron chi connectivity index (χ4n) is 6.03. The van der Waals surface area contributed by atoms with E-state index in [9.17, 15) is 18.0 Å². The molecule has 0 heterocycles. The normalized spacial score (nSPS) is 14.1. The number of anilines is 1. The Morgan fingerprint density at radius 1 is 0.812 bits per heavy atom. The van der Waals surface area contributed by atoms with Gasteiger partial charge in [-0.2, -0.15) is 0 Å². The van der Waals surface area contributed by atoms with Crippen molar-refractivity contribution >= 4 is 50.7 Å². The first-order valence-electron chi connectivity index (χ1n) is 16.3. The molecule has 4 aromatic carbocycles. The van der Waals surface area contributed by atoms with E-state index in [1.165, 1.54) is 17.0 Å². The number of carbonyl (C=O) groups is 2. The standard InChI is InChI=1S/C38H41Cl2N3O4S/c1-27(2)30-18-20-32(21-19-30)43(48(46,47)33-15-7-4-8-16-33)26-37(44)42(25-29-17-22-34(39)35(40)23-29)36(24-28-11-5-3-6-12-28)38(45)41-31-13-9-10-14-31/h3-8,11-12,15-23,27,31,36H,9-10,13-14,24-26H2,1-2H3,(H,41,45)/t36-/m1/s1. The summed E-state index contributed by atoms with van der Waals surface area (Å²) in [5.74, 6) is -0.576. The summed E-state index contributed by atoms with van der Waals surface area (Å²) in [6.07, 6.45) is 4.05.